The molecule has 4 heteroatoms. The van der Waals surface area contributed by atoms with Crippen molar-refractivity contribution in [3.63, 3.8) is 0 Å². The SMILES string of the molecule is CC(C)(C)c1cc(-c2nnc(/C=C/c3ccc(Cl)cc3)o2)cc(C(C)(C)C)c1. The van der Waals surface area contributed by atoms with Crippen molar-refractivity contribution >= 4 is 23.8 Å². The maximum atomic E-state index is 5.92. The zero-order chi connectivity index (χ0) is 20.5. The lowest BCUT2D eigenvalue weighted by Gasteiger charge is -2.25. The number of halogens is 1. The van der Waals surface area contributed by atoms with E-state index in [9.17, 15) is 0 Å². The molecule has 0 fully saturated rings. The van der Waals surface area contributed by atoms with E-state index in [1.807, 2.05) is 36.4 Å². The van der Waals surface area contributed by atoms with Crippen molar-refractivity contribution in [3.05, 3.63) is 70.1 Å². The van der Waals surface area contributed by atoms with Gasteiger partial charge in [-0.1, -0.05) is 71.3 Å². The highest BCUT2D eigenvalue weighted by Crippen LogP contribution is 2.33. The summed E-state index contributed by atoms with van der Waals surface area (Å²) < 4.78 is 5.92. The molecule has 0 aliphatic carbocycles. The van der Waals surface area contributed by atoms with E-state index < -0.39 is 0 Å². The zero-order valence-electron chi connectivity index (χ0n) is 17.4. The minimum atomic E-state index is 0.0351. The van der Waals surface area contributed by atoms with Crippen molar-refractivity contribution in [1.29, 1.82) is 0 Å². The van der Waals surface area contributed by atoms with Crippen molar-refractivity contribution in [2.45, 2.75) is 52.4 Å². The predicted octanol–water partition coefficient (Wildman–Crippen LogP) is 7.16. The molecule has 0 radical (unpaired) electrons. The summed E-state index contributed by atoms with van der Waals surface area (Å²) in [6.45, 7) is 13.3. The number of hydrogen-bond acceptors (Lipinski definition) is 3. The number of rotatable bonds is 3. The van der Waals surface area contributed by atoms with Crippen molar-refractivity contribution in [2.75, 3.05) is 0 Å². The molecule has 0 spiro atoms. The molecule has 0 N–H and O–H groups in total. The van der Waals surface area contributed by atoms with E-state index in [1.165, 1.54) is 11.1 Å². The van der Waals surface area contributed by atoms with Crippen LogP contribution in [0.4, 0.5) is 0 Å². The Balaban J connectivity index is 1.94. The Morgan fingerprint density at radius 2 is 1.36 bits per heavy atom. The molecule has 0 aliphatic heterocycles. The molecule has 146 valence electrons. The first-order valence-corrected chi connectivity index (χ1v) is 9.84. The molecule has 0 aliphatic rings. The van der Waals surface area contributed by atoms with Crippen LogP contribution in [0.3, 0.4) is 0 Å². The van der Waals surface area contributed by atoms with Crippen LogP contribution in [0, 0.1) is 0 Å². The van der Waals surface area contributed by atoms with Crippen LogP contribution in [0.1, 0.15) is 64.1 Å². The van der Waals surface area contributed by atoms with Crippen molar-refractivity contribution in [1.82, 2.24) is 10.2 Å². The van der Waals surface area contributed by atoms with Gasteiger partial charge in [0.2, 0.25) is 11.8 Å². The van der Waals surface area contributed by atoms with Gasteiger partial charge in [-0.15, -0.1) is 10.2 Å². The van der Waals surface area contributed by atoms with Crippen LogP contribution in [0.25, 0.3) is 23.6 Å². The summed E-state index contributed by atoms with van der Waals surface area (Å²) in [4.78, 5) is 0. The van der Waals surface area contributed by atoms with Gasteiger partial charge >= 0.3 is 0 Å². The molecule has 0 saturated carbocycles. The Morgan fingerprint density at radius 3 is 1.89 bits per heavy atom. The molecule has 3 nitrogen and oxygen atoms in total. The van der Waals surface area contributed by atoms with Gasteiger partial charge in [-0.2, -0.15) is 0 Å². The van der Waals surface area contributed by atoms with Crippen molar-refractivity contribution in [3.8, 4) is 11.5 Å². The van der Waals surface area contributed by atoms with Gasteiger partial charge < -0.3 is 4.42 Å². The largest absolute Gasteiger partial charge is 0.417 e. The molecule has 0 bridgehead atoms. The van der Waals surface area contributed by atoms with Crippen molar-refractivity contribution < 1.29 is 4.42 Å². The lowest BCUT2D eigenvalue weighted by molar-refractivity contribution is 0.552. The third kappa shape index (κ3) is 4.90. The van der Waals surface area contributed by atoms with Gasteiger partial charge in [0.15, 0.2) is 0 Å². The fourth-order valence-electron chi connectivity index (χ4n) is 2.78. The molecule has 1 aromatic heterocycles. The number of hydrogen-bond donors (Lipinski definition) is 0. The smallest absolute Gasteiger partial charge is 0.248 e. The highest BCUT2D eigenvalue weighted by Gasteiger charge is 2.22. The number of benzene rings is 2. The Labute approximate surface area is 172 Å². The molecule has 28 heavy (non-hydrogen) atoms. The summed E-state index contributed by atoms with van der Waals surface area (Å²) in [5, 5.41) is 9.16. The molecular weight excluding hydrogens is 368 g/mol. The second-order valence-corrected chi connectivity index (χ2v) is 9.57. The van der Waals surface area contributed by atoms with Crippen LogP contribution in [0.2, 0.25) is 5.02 Å². The van der Waals surface area contributed by atoms with Gasteiger partial charge in [0.1, 0.15) is 0 Å². The first kappa shape index (κ1) is 20.3. The highest BCUT2D eigenvalue weighted by molar-refractivity contribution is 6.30. The van der Waals surface area contributed by atoms with Crippen LogP contribution in [-0.4, -0.2) is 10.2 Å². The van der Waals surface area contributed by atoms with Gasteiger partial charge in [-0.25, -0.2) is 0 Å². The summed E-state index contributed by atoms with van der Waals surface area (Å²) >= 11 is 5.92. The summed E-state index contributed by atoms with van der Waals surface area (Å²) in [6.07, 6.45) is 3.75. The quantitative estimate of drug-likeness (QED) is 0.473. The normalized spacial score (nSPS) is 12.7. The van der Waals surface area contributed by atoms with E-state index >= 15 is 0 Å². The first-order valence-electron chi connectivity index (χ1n) is 9.46. The van der Waals surface area contributed by atoms with Crippen LogP contribution in [0.5, 0.6) is 0 Å². The van der Waals surface area contributed by atoms with Crippen LogP contribution in [0.15, 0.2) is 46.9 Å². The molecule has 0 saturated heterocycles. The van der Waals surface area contributed by atoms with Gasteiger partial charge in [0, 0.05) is 16.7 Å². The topological polar surface area (TPSA) is 38.9 Å². The van der Waals surface area contributed by atoms with Gasteiger partial charge in [0.05, 0.1) is 0 Å². The van der Waals surface area contributed by atoms with E-state index in [0.29, 0.717) is 16.8 Å². The Hall–Kier alpha value is -2.39. The third-order valence-corrected chi connectivity index (χ3v) is 4.89. The Morgan fingerprint density at radius 1 is 0.786 bits per heavy atom. The molecule has 2 aromatic carbocycles. The average molecular weight is 395 g/mol. The van der Waals surface area contributed by atoms with Gasteiger partial charge in [-0.3, -0.25) is 0 Å². The minimum absolute atomic E-state index is 0.0351. The van der Waals surface area contributed by atoms with E-state index in [2.05, 4.69) is 69.9 Å². The molecule has 0 unspecified atom stereocenters. The van der Waals surface area contributed by atoms with Crippen LogP contribution in [-0.2, 0) is 10.8 Å². The monoisotopic (exact) mass is 394 g/mol. The van der Waals surface area contributed by atoms with Gasteiger partial charge in [0.25, 0.3) is 0 Å². The lowest BCUT2D eigenvalue weighted by Crippen LogP contribution is -2.16. The zero-order valence-corrected chi connectivity index (χ0v) is 18.1. The van der Waals surface area contributed by atoms with Gasteiger partial charge in [-0.05, 0) is 57.9 Å². The fourth-order valence-corrected chi connectivity index (χ4v) is 2.90. The molecule has 0 amide bonds. The Bertz CT molecular complexity index is 954. The van der Waals surface area contributed by atoms with E-state index in [-0.39, 0.29) is 10.8 Å². The maximum Gasteiger partial charge on any atom is 0.248 e. The molecule has 1 heterocycles. The minimum Gasteiger partial charge on any atom is -0.417 e. The lowest BCUT2D eigenvalue weighted by atomic mass is 9.79. The second kappa shape index (κ2) is 7.56. The fraction of sp³-hybridized carbons (Fsp3) is 0.333. The highest BCUT2D eigenvalue weighted by atomic mass is 35.5. The number of aromatic nitrogens is 2. The van der Waals surface area contributed by atoms with Crippen LogP contribution >= 0.6 is 11.6 Å². The summed E-state index contributed by atoms with van der Waals surface area (Å²) in [5.74, 6) is 1.01. The predicted molar refractivity (Wildman–Crippen MR) is 118 cm³/mol. The van der Waals surface area contributed by atoms with E-state index in [0.717, 1.165) is 11.1 Å². The second-order valence-electron chi connectivity index (χ2n) is 9.13. The summed E-state index contributed by atoms with van der Waals surface area (Å²) in [5.41, 5.74) is 4.56. The third-order valence-electron chi connectivity index (χ3n) is 4.64. The van der Waals surface area contributed by atoms with E-state index in [1.54, 1.807) is 0 Å². The molecular formula is C24H27ClN2O. The maximum absolute atomic E-state index is 5.92. The molecule has 3 aromatic rings. The standard InChI is InChI=1S/C24H27ClN2O/c1-23(2,3)18-13-17(14-19(15-18)24(4,5)6)22-27-26-21(28-22)12-9-16-7-10-20(25)11-8-16/h7-15H,1-6H3/b12-9+. The Kier molecular flexibility index (Phi) is 5.49. The molecule has 3 rings (SSSR count). The number of nitrogens with zero attached hydrogens (tertiary/aromatic N) is 2. The van der Waals surface area contributed by atoms with E-state index in [4.69, 9.17) is 16.0 Å². The van der Waals surface area contributed by atoms with Crippen molar-refractivity contribution in [2.24, 2.45) is 0 Å². The summed E-state index contributed by atoms with van der Waals surface area (Å²) in [6, 6.07) is 14.2. The molecule has 0 atom stereocenters. The summed E-state index contributed by atoms with van der Waals surface area (Å²) in [7, 11) is 0. The first-order chi connectivity index (χ1) is 13.0. The van der Waals surface area contributed by atoms with Crippen LogP contribution < -0.4 is 0 Å². The average Bonchev–Trinajstić information content (AvgIpc) is 3.08.